The third-order valence-corrected chi connectivity index (χ3v) is 3.14. The number of amides is 2. The van der Waals surface area contributed by atoms with Crippen molar-refractivity contribution in [2.45, 2.75) is 19.8 Å². The molecule has 1 aromatic rings. The maximum Gasteiger partial charge on any atom is 0.253 e. The van der Waals surface area contributed by atoms with Crippen molar-refractivity contribution in [1.29, 1.82) is 5.26 Å². The number of nitriles is 1. The first kappa shape index (κ1) is 13.1. The third kappa shape index (κ3) is 2.74. The number of nitrogens with one attached hydrogen (secondary N) is 1. The minimum Gasteiger partial charge on any atom is -0.338 e. The van der Waals surface area contributed by atoms with Gasteiger partial charge in [-0.25, -0.2) is 0 Å². The van der Waals surface area contributed by atoms with Crippen molar-refractivity contribution in [3.63, 3.8) is 0 Å². The highest BCUT2D eigenvalue weighted by Crippen LogP contribution is 2.24. The molecule has 0 aromatic heterocycles. The molecule has 0 bridgehead atoms. The van der Waals surface area contributed by atoms with Crippen LogP contribution in [0.4, 0.5) is 5.69 Å². The first-order valence-corrected chi connectivity index (χ1v) is 6.24. The molecule has 0 fully saturated rings. The number of fused-ring (bicyclic) bond motifs is 1. The van der Waals surface area contributed by atoms with Gasteiger partial charge in [0.25, 0.3) is 5.91 Å². The summed E-state index contributed by atoms with van der Waals surface area (Å²) in [5.74, 6) is -0.155. The number of hydrogen-bond donors (Lipinski definition) is 1. The predicted octanol–water partition coefficient (Wildman–Crippen LogP) is 1.56. The number of anilines is 1. The molecule has 5 heteroatoms. The van der Waals surface area contributed by atoms with Gasteiger partial charge in [-0.05, 0) is 24.6 Å². The minimum absolute atomic E-state index is 0.0450. The summed E-state index contributed by atoms with van der Waals surface area (Å²) in [6.45, 7) is 2.86. The van der Waals surface area contributed by atoms with Gasteiger partial charge in [0.2, 0.25) is 5.91 Å². The Kier molecular flexibility index (Phi) is 3.81. The molecule has 1 N–H and O–H groups in total. The standard InChI is InChI=1S/C14H15N3O2/c1-2-17(7-3-6-15)14(19)11-5-4-10-9-13(18)16-12(10)8-11/h4-5,8H,2-3,7,9H2,1H3,(H,16,18). The Hall–Kier alpha value is -2.35. The van der Waals surface area contributed by atoms with Crippen molar-refractivity contribution in [2.75, 3.05) is 18.4 Å². The summed E-state index contributed by atoms with van der Waals surface area (Å²) in [4.78, 5) is 25.2. The minimum atomic E-state index is -0.110. The summed E-state index contributed by atoms with van der Waals surface area (Å²) in [5, 5.41) is 11.3. The number of nitrogens with zero attached hydrogens (tertiary/aromatic N) is 2. The van der Waals surface area contributed by atoms with Crippen molar-refractivity contribution < 1.29 is 9.59 Å². The molecule has 0 saturated heterocycles. The lowest BCUT2D eigenvalue weighted by Crippen LogP contribution is -2.31. The summed E-state index contributed by atoms with van der Waals surface area (Å²) in [6.07, 6.45) is 0.691. The Labute approximate surface area is 111 Å². The SMILES string of the molecule is CCN(CCC#N)C(=O)c1ccc2c(c1)NC(=O)C2. The van der Waals surface area contributed by atoms with E-state index in [1.807, 2.05) is 13.0 Å². The molecule has 0 saturated carbocycles. The molecule has 98 valence electrons. The Bertz CT molecular complexity index is 560. The van der Waals surface area contributed by atoms with Crippen molar-refractivity contribution in [3.05, 3.63) is 29.3 Å². The lowest BCUT2D eigenvalue weighted by Gasteiger charge is -2.19. The van der Waals surface area contributed by atoms with Crippen LogP contribution in [0.1, 0.15) is 29.3 Å². The van der Waals surface area contributed by atoms with Gasteiger partial charge in [-0.15, -0.1) is 0 Å². The van der Waals surface area contributed by atoms with E-state index in [1.165, 1.54) is 0 Å². The summed E-state index contributed by atoms with van der Waals surface area (Å²) >= 11 is 0. The average Bonchev–Trinajstić information content (AvgIpc) is 2.78. The number of benzene rings is 1. The van der Waals surface area contributed by atoms with Crippen molar-refractivity contribution in [3.8, 4) is 6.07 Å². The van der Waals surface area contributed by atoms with Crippen LogP contribution in [0.25, 0.3) is 0 Å². The quantitative estimate of drug-likeness (QED) is 0.889. The van der Waals surface area contributed by atoms with E-state index < -0.39 is 0 Å². The number of rotatable bonds is 4. The van der Waals surface area contributed by atoms with Crippen LogP contribution in [-0.2, 0) is 11.2 Å². The van der Waals surface area contributed by atoms with E-state index in [1.54, 1.807) is 23.1 Å². The smallest absolute Gasteiger partial charge is 0.253 e. The zero-order valence-corrected chi connectivity index (χ0v) is 10.8. The van der Waals surface area contributed by atoms with Gasteiger partial charge in [0, 0.05) is 24.3 Å². The van der Waals surface area contributed by atoms with Crippen LogP contribution in [0.3, 0.4) is 0 Å². The lowest BCUT2D eigenvalue weighted by atomic mass is 10.1. The van der Waals surface area contributed by atoms with Gasteiger partial charge in [0.1, 0.15) is 0 Å². The molecule has 1 aliphatic heterocycles. The van der Waals surface area contributed by atoms with Crippen LogP contribution in [0.2, 0.25) is 0 Å². The highest BCUT2D eigenvalue weighted by atomic mass is 16.2. The number of hydrogen-bond acceptors (Lipinski definition) is 3. The molecule has 19 heavy (non-hydrogen) atoms. The van der Waals surface area contributed by atoms with E-state index in [4.69, 9.17) is 5.26 Å². The third-order valence-electron chi connectivity index (χ3n) is 3.14. The van der Waals surface area contributed by atoms with Gasteiger partial charge in [0.05, 0.1) is 18.9 Å². The van der Waals surface area contributed by atoms with Crippen LogP contribution >= 0.6 is 0 Å². The average molecular weight is 257 g/mol. The normalized spacial score (nSPS) is 12.5. The van der Waals surface area contributed by atoms with Gasteiger partial charge >= 0.3 is 0 Å². The fourth-order valence-corrected chi connectivity index (χ4v) is 2.12. The highest BCUT2D eigenvalue weighted by Gasteiger charge is 2.20. The molecule has 1 aliphatic rings. The summed E-state index contributed by atoms with van der Waals surface area (Å²) < 4.78 is 0. The van der Waals surface area contributed by atoms with Crippen LogP contribution in [-0.4, -0.2) is 29.8 Å². The van der Waals surface area contributed by atoms with Gasteiger partial charge in [-0.1, -0.05) is 6.07 Å². The highest BCUT2D eigenvalue weighted by molar-refractivity contribution is 6.02. The number of carbonyl (C=O) groups excluding carboxylic acids is 2. The summed E-state index contributed by atoms with van der Waals surface area (Å²) in [7, 11) is 0. The Morgan fingerprint density at radius 1 is 1.53 bits per heavy atom. The fourth-order valence-electron chi connectivity index (χ4n) is 2.12. The Morgan fingerprint density at radius 3 is 3.00 bits per heavy atom. The van der Waals surface area contributed by atoms with Crippen molar-refractivity contribution in [1.82, 2.24) is 4.90 Å². The van der Waals surface area contributed by atoms with Crippen molar-refractivity contribution in [2.24, 2.45) is 0 Å². The van der Waals surface area contributed by atoms with Crippen molar-refractivity contribution >= 4 is 17.5 Å². The molecule has 1 heterocycles. The second kappa shape index (κ2) is 5.53. The predicted molar refractivity (Wildman–Crippen MR) is 70.6 cm³/mol. The van der Waals surface area contributed by atoms with Gasteiger partial charge in [-0.3, -0.25) is 9.59 Å². The topological polar surface area (TPSA) is 73.2 Å². The monoisotopic (exact) mass is 257 g/mol. The second-order valence-electron chi connectivity index (χ2n) is 4.39. The number of carbonyl (C=O) groups is 2. The largest absolute Gasteiger partial charge is 0.338 e. The van der Waals surface area contributed by atoms with Crippen LogP contribution in [0, 0.1) is 11.3 Å². The molecule has 2 rings (SSSR count). The molecule has 0 radical (unpaired) electrons. The molecule has 2 amide bonds. The van der Waals surface area contributed by atoms with Crippen LogP contribution < -0.4 is 5.32 Å². The van der Waals surface area contributed by atoms with Crippen LogP contribution in [0.15, 0.2) is 18.2 Å². The zero-order valence-electron chi connectivity index (χ0n) is 10.8. The molecule has 1 aromatic carbocycles. The van der Waals surface area contributed by atoms with E-state index in [0.717, 1.165) is 5.56 Å². The molecule has 0 unspecified atom stereocenters. The molecule has 0 spiro atoms. The van der Waals surface area contributed by atoms with E-state index in [9.17, 15) is 9.59 Å². The first-order chi connectivity index (χ1) is 9.15. The first-order valence-electron chi connectivity index (χ1n) is 6.24. The molecular weight excluding hydrogens is 242 g/mol. The van der Waals surface area contributed by atoms with E-state index in [0.29, 0.717) is 37.2 Å². The maximum absolute atomic E-state index is 12.3. The van der Waals surface area contributed by atoms with Crippen LogP contribution in [0.5, 0.6) is 0 Å². The zero-order chi connectivity index (χ0) is 13.8. The molecule has 5 nitrogen and oxygen atoms in total. The second-order valence-corrected chi connectivity index (χ2v) is 4.39. The van der Waals surface area contributed by atoms with E-state index in [2.05, 4.69) is 5.32 Å². The summed E-state index contributed by atoms with van der Waals surface area (Å²) in [5.41, 5.74) is 2.18. The van der Waals surface area contributed by atoms with E-state index in [-0.39, 0.29) is 11.8 Å². The lowest BCUT2D eigenvalue weighted by molar-refractivity contribution is -0.115. The Balaban J connectivity index is 2.18. The molecule has 0 aliphatic carbocycles. The van der Waals surface area contributed by atoms with Gasteiger partial charge in [-0.2, -0.15) is 5.26 Å². The molecular formula is C14H15N3O2. The van der Waals surface area contributed by atoms with E-state index >= 15 is 0 Å². The fraction of sp³-hybridized carbons (Fsp3) is 0.357. The molecule has 0 atom stereocenters. The summed E-state index contributed by atoms with van der Waals surface area (Å²) in [6, 6.07) is 7.28. The van der Waals surface area contributed by atoms with Gasteiger partial charge in [0.15, 0.2) is 0 Å². The van der Waals surface area contributed by atoms with Gasteiger partial charge < -0.3 is 10.2 Å². The Morgan fingerprint density at radius 2 is 2.32 bits per heavy atom. The maximum atomic E-state index is 12.3.